The Morgan fingerprint density at radius 1 is 0.833 bits per heavy atom. The van der Waals surface area contributed by atoms with Crippen LogP contribution in [-0.2, 0) is 0 Å². The molecule has 2 aliphatic rings. The Hall–Kier alpha value is -1.52. The molecule has 0 N–H and O–H groups in total. The van der Waals surface area contributed by atoms with Crippen molar-refractivity contribution in [2.24, 2.45) is 0 Å². The fourth-order valence-electron chi connectivity index (χ4n) is 3.11. The molecule has 0 amide bonds. The Morgan fingerprint density at radius 2 is 1.38 bits per heavy atom. The van der Waals surface area contributed by atoms with Crippen LogP contribution >= 0.6 is 23.5 Å². The fraction of sp³-hybridized carbons (Fsp3) is 0.300. The lowest BCUT2D eigenvalue weighted by atomic mass is 10.0. The van der Waals surface area contributed by atoms with Crippen molar-refractivity contribution in [2.75, 3.05) is 18.1 Å². The Labute approximate surface area is 149 Å². The van der Waals surface area contributed by atoms with E-state index in [0.29, 0.717) is 5.25 Å². The molecule has 2 unspecified atom stereocenters. The average Bonchev–Trinajstić information content (AvgIpc) is 3.40. The molecule has 122 valence electrons. The maximum Gasteiger partial charge on any atom is 0.145 e. The molecule has 0 aromatic heterocycles. The second kappa shape index (κ2) is 6.08. The van der Waals surface area contributed by atoms with Crippen molar-refractivity contribution >= 4 is 45.1 Å². The molecule has 2 atom stereocenters. The summed E-state index contributed by atoms with van der Waals surface area (Å²) in [5, 5.41) is 5.27. The highest BCUT2D eigenvalue weighted by molar-refractivity contribution is 8.06. The van der Waals surface area contributed by atoms with Crippen LogP contribution in [0.5, 0.6) is 11.5 Å². The van der Waals surface area contributed by atoms with Crippen molar-refractivity contribution in [3.8, 4) is 11.5 Å². The molecule has 0 saturated carbocycles. The zero-order valence-corrected chi connectivity index (χ0v) is 14.9. The van der Waals surface area contributed by atoms with E-state index >= 15 is 0 Å². The first-order chi connectivity index (χ1) is 11.9. The zero-order valence-electron chi connectivity index (χ0n) is 13.2. The second-order valence-electron chi connectivity index (χ2n) is 6.22. The van der Waals surface area contributed by atoms with Crippen molar-refractivity contribution < 1.29 is 9.47 Å². The molecule has 2 aliphatic heterocycles. The van der Waals surface area contributed by atoms with E-state index in [1.807, 2.05) is 23.5 Å². The van der Waals surface area contributed by atoms with Gasteiger partial charge in [0.2, 0.25) is 0 Å². The number of hydrogen-bond acceptors (Lipinski definition) is 4. The molecule has 0 radical (unpaired) electrons. The van der Waals surface area contributed by atoms with Gasteiger partial charge in [0.15, 0.2) is 0 Å². The minimum absolute atomic E-state index is 0.284. The summed E-state index contributed by atoms with van der Waals surface area (Å²) in [4.78, 5) is 0. The summed E-state index contributed by atoms with van der Waals surface area (Å²) in [7, 11) is 0. The maximum atomic E-state index is 6.37. The molecule has 5 rings (SSSR count). The third-order valence-corrected chi connectivity index (χ3v) is 6.67. The normalized spacial score (nSPS) is 22.3. The van der Waals surface area contributed by atoms with Gasteiger partial charge in [0.05, 0.1) is 0 Å². The Balaban J connectivity index is 1.71. The highest BCUT2D eigenvalue weighted by Gasteiger charge is 2.26. The summed E-state index contributed by atoms with van der Waals surface area (Å²) >= 11 is 3.86. The van der Waals surface area contributed by atoms with Crippen LogP contribution in [0.1, 0.15) is 6.42 Å². The Bertz CT molecular complexity index is 844. The molecular formula is C20H18O2S2. The molecule has 4 heteroatoms. The summed E-state index contributed by atoms with van der Waals surface area (Å²) in [5.74, 6) is 4.42. The number of benzene rings is 3. The SMILES string of the molecule is c1ccc2c(OC3CCS3)c3ccccc3c(OCC3CS3)c2c1. The van der Waals surface area contributed by atoms with Crippen LogP contribution < -0.4 is 9.47 Å². The summed E-state index contributed by atoms with van der Waals surface area (Å²) in [6.45, 7) is 0.789. The van der Waals surface area contributed by atoms with Crippen molar-refractivity contribution in [3.63, 3.8) is 0 Å². The molecule has 2 heterocycles. The predicted octanol–water partition coefficient (Wildman–Crippen LogP) is 5.33. The van der Waals surface area contributed by atoms with Crippen LogP contribution in [0, 0.1) is 0 Å². The van der Waals surface area contributed by atoms with Crippen LogP contribution in [0.3, 0.4) is 0 Å². The van der Waals surface area contributed by atoms with Crippen LogP contribution in [0.25, 0.3) is 21.5 Å². The molecule has 0 spiro atoms. The van der Waals surface area contributed by atoms with E-state index in [1.165, 1.54) is 11.5 Å². The number of hydrogen-bond donors (Lipinski definition) is 0. The number of fused-ring (bicyclic) bond motifs is 2. The smallest absolute Gasteiger partial charge is 0.145 e. The minimum Gasteiger partial charge on any atom is -0.491 e. The van der Waals surface area contributed by atoms with Gasteiger partial charge >= 0.3 is 0 Å². The third-order valence-electron chi connectivity index (χ3n) is 4.56. The van der Waals surface area contributed by atoms with Gasteiger partial charge in [-0.05, 0) is 0 Å². The molecule has 0 bridgehead atoms. The maximum absolute atomic E-state index is 6.37. The summed E-state index contributed by atoms with van der Waals surface area (Å²) in [6.07, 6.45) is 1.13. The van der Waals surface area contributed by atoms with E-state index in [0.717, 1.165) is 46.1 Å². The monoisotopic (exact) mass is 354 g/mol. The largest absolute Gasteiger partial charge is 0.491 e. The van der Waals surface area contributed by atoms with E-state index in [4.69, 9.17) is 9.47 Å². The van der Waals surface area contributed by atoms with Gasteiger partial charge in [0, 0.05) is 44.7 Å². The van der Waals surface area contributed by atoms with Crippen molar-refractivity contribution in [1.82, 2.24) is 0 Å². The van der Waals surface area contributed by atoms with Crippen LogP contribution in [-0.4, -0.2) is 28.8 Å². The van der Waals surface area contributed by atoms with Gasteiger partial charge in [0.1, 0.15) is 23.5 Å². The van der Waals surface area contributed by atoms with Crippen LogP contribution in [0.15, 0.2) is 48.5 Å². The summed E-state index contributed by atoms with van der Waals surface area (Å²) < 4.78 is 12.6. The lowest BCUT2D eigenvalue weighted by Crippen LogP contribution is -2.22. The lowest BCUT2D eigenvalue weighted by molar-refractivity contribution is 0.278. The zero-order chi connectivity index (χ0) is 15.9. The molecule has 2 fully saturated rings. The van der Waals surface area contributed by atoms with E-state index < -0.39 is 0 Å². The first-order valence-corrected chi connectivity index (χ1v) is 10.5. The molecule has 3 aromatic rings. The molecule has 24 heavy (non-hydrogen) atoms. The van der Waals surface area contributed by atoms with Crippen LogP contribution in [0.2, 0.25) is 0 Å². The highest BCUT2D eigenvalue weighted by Crippen LogP contribution is 2.45. The highest BCUT2D eigenvalue weighted by atomic mass is 32.2. The molecule has 3 aromatic carbocycles. The topological polar surface area (TPSA) is 18.5 Å². The predicted molar refractivity (Wildman–Crippen MR) is 105 cm³/mol. The first kappa shape index (κ1) is 14.8. The summed E-state index contributed by atoms with van der Waals surface area (Å²) in [6, 6.07) is 16.9. The first-order valence-electron chi connectivity index (χ1n) is 8.36. The van der Waals surface area contributed by atoms with Gasteiger partial charge in [-0.3, -0.25) is 0 Å². The van der Waals surface area contributed by atoms with Crippen molar-refractivity contribution in [1.29, 1.82) is 0 Å². The van der Waals surface area contributed by atoms with Gasteiger partial charge < -0.3 is 9.47 Å². The molecule has 2 nitrogen and oxygen atoms in total. The lowest BCUT2D eigenvalue weighted by Gasteiger charge is -2.27. The number of ether oxygens (including phenoxy) is 2. The van der Waals surface area contributed by atoms with E-state index in [-0.39, 0.29) is 5.44 Å². The van der Waals surface area contributed by atoms with Crippen molar-refractivity contribution in [2.45, 2.75) is 17.1 Å². The standard InChI is InChI=1S/C20H18O2S2/c1-3-7-16-14(5-1)19(21-11-13-12-24-13)15-6-2-4-8-17(15)20(16)22-18-9-10-23-18/h1-8,13,18H,9-12H2. The van der Waals surface area contributed by atoms with Crippen molar-refractivity contribution in [3.05, 3.63) is 48.5 Å². The van der Waals surface area contributed by atoms with E-state index in [2.05, 4.69) is 48.5 Å². The van der Waals surface area contributed by atoms with Gasteiger partial charge in [-0.1, -0.05) is 48.5 Å². The van der Waals surface area contributed by atoms with Gasteiger partial charge in [-0.2, -0.15) is 11.8 Å². The molecule has 2 saturated heterocycles. The molecule has 0 aliphatic carbocycles. The van der Waals surface area contributed by atoms with E-state index in [9.17, 15) is 0 Å². The van der Waals surface area contributed by atoms with Gasteiger partial charge in [-0.25, -0.2) is 0 Å². The van der Waals surface area contributed by atoms with E-state index in [1.54, 1.807) is 0 Å². The Morgan fingerprint density at radius 3 is 1.83 bits per heavy atom. The average molecular weight is 354 g/mol. The van der Waals surface area contributed by atoms with Crippen LogP contribution in [0.4, 0.5) is 0 Å². The minimum atomic E-state index is 0.284. The number of thioether (sulfide) groups is 2. The van der Waals surface area contributed by atoms with Gasteiger partial charge in [-0.15, -0.1) is 11.8 Å². The number of rotatable bonds is 5. The quantitative estimate of drug-likeness (QED) is 0.455. The molecular weight excluding hydrogens is 336 g/mol. The third kappa shape index (κ3) is 2.62. The summed E-state index contributed by atoms with van der Waals surface area (Å²) in [5.41, 5.74) is 0.284. The second-order valence-corrected chi connectivity index (χ2v) is 8.82. The Kier molecular flexibility index (Phi) is 3.75. The fourth-order valence-corrected chi connectivity index (χ4v) is 4.10. The van der Waals surface area contributed by atoms with Gasteiger partial charge in [0.25, 0.3) is 0 Å².